The molecule has 3 aromatic rings. The van der Waals surface area contributed by atoms with Gasteiger partial charge in [-0.3, -0.25) is 9.69 Å². The number of fused-ring (bicyclic) bond motifs is 2. The van der Waals surface area contributed by atoms with Gasteiger partial charge in [-0.1, -0.05) is 71.9 Å². The van der Waals surface area contributed by atoms with Crippen molar-refractivity contribution in [3.8, 4) is 6.07 Å². The van der Waals surface area contributed by atoms with Crippen molar-refractivity contribution in [3.05, 3.63) is 87.5 Å². The second kappa shape index (κ2) is 8.03. The van der Waals surface area contributed by atoms with Crippen LogP contribution in [0.2, 0.25) is 0 Å². The van der Waals surface area contributed by atoms with Crippen molar-refractivity contribution in [1.82, 2.24) is 4.90 Å². The fourth-order valence-electron chi connectivity index (χ4n) is 5.20. The Morgan fingerprint density at radius 1 is 1.03 bits per heavy atom. The summed E-state index contributed by atoms with van der Waals surface area (Å²) in [6.45, 7) is 6.84. The smallest absolute Gasteiger partial charge is 0.229 e. The van der Waals surface area contributed by atoms with Crippen LogP contribution in [0, 0.1) is 32.1 Å². The lowest BCUT2D eigenvalue weighted by atomic mass is 9.84. The van der Waals surface area contributed by atoms with Gasteiger partial charge in [0.2, 0.25) is 5.91 Å². The van der Waals surface area contributed by atoms with Gasteiger partial charge in [-0.05, 0) is 48.2 Å². The number of anilines is 1. The lowest BCUT2D eigenvalue weighted by Crippen LogP contribution is -2.47. The van der Waals surface area contributed by atoms with Gasteiger partial charge in [0.15, 0.2) is 0 Å². The topological polar surface area (TPSA) is 47.3 Å². The van der Waals surface area contributed by atoms with Crippen molar-refractivity contribution >= 4 is 34.1 Å². The van der Waals surface area contributed by atoms with Crippen LogP contribution < -0.4 is 4.90 Å². The summed E-state index contributed by atoms with van der Waals surface area (Å²) in [6.07, 6.45) is 0.320. The molecule has 1 saturated heterocycles. The fraction of sp³-hybridized carbons (Fsp3) is 0.259. The Morgan fingerprint density at radius 3 is 2.50 bits per heavy atom. The Bertz CT molecular complexity index is 1290. The predicted octanol–water partition coefficient (Wildman–Crippen LogP) is 5.98. The molecule has 4 nitrogen and oxygen atoms in total. The summed E-state index contributed by atoms with van der Waals surface area (Å²) >= 11 is 1.60. The molecular formula is C27H25N3OS. The van der Waals surface area contributed by atoms with Gasteiger partial charge in [-0.25, -0.2) is 0 Å². The molecule has 1 fully saturated rings. The van der Waals surface area contributed by atoms with Gasteiger partial charge >= 0.3 is 0 Å². The van der Waals surface area contributed by atoms with E-state index in [4.69, 9.17) is 0 Å². The Labute approximate surface area is 193 Å². The van der Waals surface area contributed by atoms with Crippen molar-refractivity contribution in [2.45, 2.75) is 33.1 Å². The average Bonchev–Trinajstić information content (AvgIpc) is 2.78. The number of hydrogen-bond acceptors (Lipinski definition) is 4. The Kier molecular flexibility index (Phi) is 5.19. The highest BCUT2D eigenvalue weighted by molar-refractivity contribution is 8.03. The predicted molar refractivity (Wildman–Crippen MR) is 131 cm³/mol. The highest BCUT2D eigenvalue weighted by atomic mass is 32.2. The molecule has 1 amide bonds. The minimum atomic E-state index is -0.202. The first-order chi connectivity index (χ1) is 15.5. The molecule has 2 aliphatic rings. The zero-order valence-electron chi connectivity index (χ0n) is 18.6. The van der Waals surface area contributed by atoms with Crippen LogP contribution in [0.1, 0.15) is 34.6 Å². The normalized spacial score (nSPS) is 18.7. The summed E-state index contributed by atoms with van der Waals surface area (Å²) in [5.74, 6) is 0.598. The summed E-state index contributed by atoms with van der Waals surface area (Å²) < 4.78 is 0. The highest BCUT2D eigenvalue weighted by Crippen LogP contribution is 2.45. The molecule has 32 heavy (non-hydrogen) atoms. The molecule has 0 unspecified atom stereocenters. The maximum atomic E-state index is 13.4. The Balaban J connectivity index is 1.55. The van der Waals surface area contributed by atoms with E-state index >= 15 is 0 Å². The average molecular weight is 440 g/mol. The third-order valence-electron chi connectivity index (χ3n) is 6.44. The molecule has 2 heterocycles. The highest BCUT2D eigenvalue weighted by Gasteiger charge is 2.39. The van der Waals surface area contributed by atoms with Gasteiger partial charge < -0.3 is 4.90 Å². The zero-order valence-corrected chi connectivity index (χ0v) is 19.4. The standard InChI is InChI=1S/C27H25N3OS/c1-17-11-18(2)26(19(3)12-17)29-15-30-25(31)13-23(24(14-28)27(30)32-16-29)22-10-6-8-20-7-4-5-9-21(20)22/h4-12,23H,13,15-16H2,1-3H3/t23-/m1/s1. The van der Waals surface area contributed by atoms with Crippen LogP contribution >= 0.6 is 11.8 Å². The van der Waals surface area contributed by atoms with Crippen LogP contribution in [0.3, 0.4) is 0 Å². The lowest BCUT2D eigenvalue weighted by molar-refractivity contribution is -0.129. The molecule has 160 valence electrons. The minimum absolute atomic E-state index is 0.0801. The van der Waals surface area contributed by atoms with E-state index in [2.05, 4.69) is 68.1 Å². The number of amides is 1. The molecule has 0 bridgehead atoms. The number of nitrogens with zero attached hydrogens (tertiary/aromatic N) is 3. The third kappa shape index (κ3) is 3.36. The summed E-state index contributed by atoms with van der Waals surface area (Å²) in [7, 11) is 0. The van der Waals surface area contributed by atoms with Crippen LogP contribution in [0.25, 0.3) is 10.8 Å². The molecule has 3 aromatic carbocycles. The molecule has 1 atom stereocenters. The minimum Gasteiger partial charge on any atom is -0.343 e. The van der Waals surface area contributed by atoms with E-state index in [-0.39, 0.29) is 11.8 Å². The van der Waals surface area contributed by atoms with E-state index in [0.29, 0.717) is 18.7 Å². The number of carbonyl (C=O) groups excluding carboxylic acids is 1. The summed E-state index contributed by atoms with van der Waals surface area (Å²) in [6, 6.07) is 21.2. The molecule has 0 N–H and O–H groups in total. The first-order valence-electron chi connectivity index (χ1n) is 10.9. The van der Waals surface area contributed by atoms with E-state index in [1.54, 1.807) is 11.8 Å². The zero-order chi connectivity index (χ0) is 22.4. The van der Waals surface area contributed by atoms with E-state index in [0.717, 1.165) is 27.2 Å². The number of benzene rings is 3. The second-order valence-electron chi connectivity index (χ2n) is 8.68. The van der Waals surface area contributed by atoms with Gasteiger partial charge in [0.05, 0.1) is 29.2 Å². The van der Waals surface area contributed by atoms with E-state index in [1.165, 1.54) is 22.4 Å². The van der Waals surface area contributed by atoms with Crippen molar-refractivity contribution in [2.24, 2.45) is 0 Å². The molecule has 0 saturated carbocycles. The molecule has 0 aliphatic carbocycles. The summed E-state index contributed by atoms with van der Waals surface area (Å²) in [5.41, 5.74) is 6.64. The maximum Gasteiger partial charge on any atom is 0.229 e. The largest absolute Gasteiger partial charge is 0.343 e. The monoisotopic (exact) mass is 439 g/mol. The molecular weight excluding hydrogens is 414 g/mol. The summed E-state index contributed by atoms with van der Waals surface area (Å²) in [5, 5.41) is 13.2. The summed E-state index contributed by atoms with van der Waals surface area (Å²) in [4.78, 5) is 17.4. The first kappa shape index (κ1) is 20.7. The molecule has 0 aromatic heterocycles. The van der Waals surface area contributed by atoms with Gasteiger partial charge in [0.1, 0.15) is 0 Å². The number of thioether (sulfide) groups is 1. The van der Waals surface area contributed by atoms with Crippen LogP contribution in [0.15, 0.2) is 65.2 Å². The third-order valence-corrected chi connectivity index (χ3v) is 7.60. The van der Waals surface area contributed by atoms with Crippen molar-refractivity contribution in [1.29, 1.82) is 5.26 Å². The molecule has 0 spiro atoms. The van der Waals surface area contributed by atoms with Crippen LogP contribution in [0.4, 0.5) is 5.69 Å². The SMILES string of the molecule is Cc1cc(C)c(N2CSC3=C(C#N)[C@@H](c4cccc5ccccc45)CC(=O)N3C2)c(C)c1. The number of rotatable bonds is 2. The van der Waals surface area contributed by atoms with Gasteiger partial charge in [-0.15, -0.1) is 0 Å². The molecule has 2 aliphatic heterocycles. The first-order valence-corrected chi connectivity index (χ1v) is 11.8. The van der Waals surface area contributed by atoms with Crippen LogP contribution in [0.5, 0.6) is 0 Å². The van der Waals surface area contributed by atoms with Crippen LogP contribution in [-0.2, 0) is 4.79 Å². The van der Waals surface area contributed by atoms with Crippen molar-refractivity contribution in [2.75, 3.05) is 17.4 Å². The number of aryl methyl sites for hydroxylation is 3. The Morgan fingerprint density at radius 2 is 1.75 bits per heavy atom. The number of nitriles is 1. The second-order valence-corrected chi connectivity index (χ2v) is 9.61. The van der Waals surface area contributed by atoms with Gasteiger partial charge in [0, 0.05) is 18.0 Å². The number of carbonyl (C=O) groups is 1. The van der Waals surface area contributed by atoms with Crippen molar-refractivity contribution < 1.29 is 4.79 Å². The van der Waals surface area contributed by atoms with E-state index in [1.807, 2.05) is 23.1 Å². The quantitative estimate of drug-likeness (QED) is 0.492. The molecule has 5 heteroatoms. The maximum absolute atomic E-state index is 13.4. The number of allylic oxidation sites excluding steroid dienone is 1. The van der Waals surface area contributed by atoms with Gasteiger partial charge in [-0.2, -0.15) is 5.26 Å². The molecule has 5 rings (SSSR count). The van der Waals surface area contributed by atoms with E-state index in [9.17, 15) is 10.1 Å². The fourth-order valence-corrected chi connectivity index (χ4v) is 6.34. The van der Waals surface area contributed by atoms with Gasteiger partial charge in [0.25, 0.3) is 0 Å². The lowest BCUT2D eigenvalue weighted by Gasteiger charge is -2.43. The van der Waals surface area contributed by atoms with Crippen molar-refractivity contribution in [3.63, 3.8) is 0 Å². The molecule has 0 radical (unpaired) electrons. The number of hydrogen-bond donors (Lipinski definition) is 0. The van der Waals surface area contributed by atoms with Crippen LogP contribution in [-0.4, -0.2) is 23.4 Å². The van der Waals surface area contributed by atoms with E-state index < -0.39 is 0 Å². The Hall–Kier alpha value is -3.23.